The highest BCUT2D eigenvalue weighted by Gasteiger charge is 2.22. The molecule has 6 heteroatoms. The number of aryl methyl sites for hydroxylation is 2. The van der Waals surface area contributed by atoms with Crippen molar-refractivity contribution in [2.75, 3.05) is 26.0 Å². The minimum Gasteiger partial charge on any atom is -0.383 e. The number of fused-ring (bicyclic) bond motifs is 3. The number of nitrogens with two attached hydrogens (primary N) is 2. The molecular weight excluding hydrogens is 290 g/mol. The average molecular weight is 317 g/mol. The summed E-state index contributed by atoms with van der Waals surface area (Å²) in [6.45, 7) is 1.41. The Morgan fingerprint density at radius 2 is 2.13 bits per heavy atom. The van der Waals surface area contributed by atoms with E-state index in [1.165, 1.54) is 23.9 Å². The molecule has 3 rings (SSSR count). The predicted molar refractivity (Wildman–Crippen MR) is 92.4 cm³/mol. The number of nitrogens with zero attached hydrogens (tertiary/aromatic N) is 3. The number of methoxy groups -OCH3 is 1. The molecule has 0 radical (unpaired) electrons. The fourth-order valence-corrected chi connectivity index (χ4v) is 3.61. The Morgan fingerprint density at radius 3 is 2.91 bits per heavy atom. The molecule has 23 heavy (non-hydrogen) atoms. The second-order valence-corrected chi connectivity index (χ2v) is 6.37. The molecule has 0 bridgehead atoms. The van der Waals surface area contributed by atoms with Crippen LogP contribution in [0.25, 0.3) is 11.0 Å². The number of aromatic nitrogens is 3. The summed E-state index contributed by atoms with van der Waals surface area (Å²) in [5, 5.41) is 0. The summed E-state index contributed by atoms with van der Waals surface area (Å²) < 4.78 is 7.72. The topological polar surface area (TPSA) is 92.0 Å². The third-order valence-electron chi connectivity index (χ3n) is 4.76. The van der Waals surface area contributed by atoms with Gasteiger partial charge in [-0.25, -0.2) is 9.97 Å². The first-order chi connectivity index (χ1) is 11.3. The van der Waals surface area contributed by atoms with E-state index in [-0.39, 0.29) is 6.04 Å². The SMILES string of the molecule is COCC(CCCCN)n1cnc2c(N)nc3c(c21)CCCC3. The summed E-state index contributed by atoms with van der Waals surface area (Å²) >= 11 is 0. The summed E-state index contributed by atoms with van der Waals surface area (Å²) in [7, 11) is 1.75. The van der Waals surface area contributed by atoms with Crippen LogP contribution in [0.15, 0.2) is 6.33 Å². The molecule has 0 saturated heterocycles. The van der Waals surface area contributed by atoms with Gasteiger partial charge < -0.3 is 20.8 Å². The average Bonchev–Trinajstić information content (AvgIpc) is 3.00. The number of pyridine rings is 1. The van der Waals surface area contributed by atoms with E-state index in [0.29, 0.717) is 12.4 Å². The van der Waals surface area contributed by atoms with Gasteiger partial charge in [0.1, 0.15) is 5.52 Å². The third-order valence-corrected chi connectivity index (χ3v) is 4.76. The third kappa shape index (κ3) is 3.19. The normalized spacial score (nSPS) is 15.7. The highest BCUT2D eigenvalue weighted by molar-refractivity contribution is 5.88. The van der Waals surface area contributed by atoms with Gasteiger partial charge in [0, 0.05) is 12.8 Å². The summed E-state index contributed by atoms with van der Waals surface area (Å²) in [4.78, 5) is 9.14. The fourth-order valence-electron chi connectivity index (χ4n) is 3.61. The molecule has 2 aromatic heterocycles. The second-order valence-electron chi connectivity index (χ2n) is 6.37. The van der Waals surface area contributed by atoms with E-state index in [2.05, 4.69) is 14.5 Å². The molecule has 0 spiro atoms. The Hall–Kier alpha value is -1.66. The van der Waals surface area contributed by atoms with Crippen LogP contribution in [0.1, 0.15) is 49.4 Å². The first-order valence-corrected chi connectivity index (χ1v) is 8.59. The van der Waals surface area contributed by atoms with Crippen LogP contribution >= 0.6 is 0 Å². The minimum absolute atomic E-state index is 0.268. The van der Waals surface area contributed by atoms with E-state index in [4.69, 9.17) is 16.2 Å². The Morgan fingerprint density at radius 1 is 1.30 bits per heavy atom. The second kappa shape index (κ2) is 7.27. The van der Waals surface area contributed by atoms with Crippen LogP contribution in [0.2, 0.25) is 0 Å². The molecule has 1 unspecified atom stereocenters. The first kappa shape index (κ1) is 16.2. The predicted octanol–water partition coefficient (Wildman–Crippen LogP) is 2.21. The Kier molecular flexibility index (Phi) is 5.13. The summed E-state index contributed by atoms with van der Waals surface area (Å²) in [6.07, 6.45) is 9.55. The molecule has 2 heterocycles. The number of imidazole rings is 1. The number of anilines is 1. The molecule has 4 N–H and O–H groups in total. The van der Waals surface area contributed by atoms with Gasteiger partial charge in [-0.05, 0) is 50.6 Å². The maximum atomic E-state index is 6.15. The number of rotatable bonds is 7. The largest absolute Gasteiger partial charge is 0.383 e. The standard InChI is InChI=1S/C17H27N5O/c1-23-10-12(6-4-5-9-18)22-11-20-15-16(22)13-7-2-3-8-14(13)21-17(15)19/h11-12H,2-10,18H2,1H3,(H2,19,21). The smallest absolute Gasteiger partial charge is 0.151 e. The number of hydrogen-bond donors (Lipinski definition) is 2. The lowest BCUT2D eigenvalue weighted by Crippen LogP contribution is -2.17. The molecule has 0 aliphatic heterocycles. The number of hydrogen-bond acceptors (Lipinski definition) is 5. The molecule has 1 atom stereocenters. The van der Waals surface area contributed by atoms with Crippen LogP contribution in [0.4, 0.5) is 5.82 Å². The van der Waals surface area contributed by atoms with Crippen molar-refractivity contribution in [2.45, 2.75) is 51.0 Å². The van der Waals surface area contributed by atoms with Gasteiger partial charge in [-0.2, -0.15) is 0 Å². The quantitative estimate of drug-likeness (QED) is 0.764. The zero-order chi connectivity index (χ0) is 16.2. The van der Waals surface area contributed by atoms with Crippen molar-refractivity contribution < 1.29 is 4.74 Å². The van der Waals surface area contributed by atoms with E-state index < -0.39 is 0 Å². The van der Waals surface area contributed by atoms with Gasteiger partial charge in [-0.15, -0.1) is 0 Å². The van der Waals surface area contributed by atoms with E-state index in [1.807, 2.05) is 6.33 Å². The molecular formula is C17H27N5O. The molecule has 1 aliphatic rings. The van der Waals surface area contributed by atoms with E-state index >= 15 is 0 Å². The maximum Gasteiger partial charge on any atom is 0.151 e. The first-order valence-electron chi connectivity index (χ1n) is 8.59. The maximum absolute atomic E-state index is 6.15. The van der Waals surface area contributed by atoms with Crippen LogP contribution in [-0.4, -0.2) is 34.8 Å². The number of unbranched alkanes of at least 4 members (excludes halogenated alkanes) is 1. The lowest BCUT2D eigenvalue weighted by atomic mass is 9.94. The summed E-state index contributed by atoms with van der Waals surface area (Å²) in [6, 6.07) is 0.268. The monoisotopic (exact) mass is 317 g/mol. The fraction of sp³-hybridized carbons (Fsp3) is 0.647. The molecule has 0 amide bonds. The molecule has 2 aromatic rings. The minimum atomic E-state index is 0.268. The van der Waals surface area contributed by atoms with Crippen molar-refractivity contribution >= 4 is 16.9 Å². The van der Waals surface area contributed by atoms with Crippen LogP contribution in [-0.2, 0) is 17.6 Å². The number of ether oxygens (including phenoxy) is 1. The van der Waals surface area contributed by atoms with Gasteiger partial charge in [0.25, 0.3) is 0 Å². The van der Waals surface area contributed by atoms with Crippen LogP contribution < -0.4 is 11.5 Å². The van der Waals surface area contributed by atoms with Crippen molar-refractivity contribution in [2.24, 2.45) is 5.73 Å². The lowest BCUT2D eigenvalue weighted by molar-refractivity contribution is 0.151. The van der Waals surface area contributed by atoms with Crippen molar-refractivity contribution in [1.82, 2.24) is 14.5 Å². The molecule has 1 aliphatic carbocycles. The molecule has 0 saturated carbocycles. The lowest BCUT2D eigenvalue weighted by Gasteiger charge is -2.22. The zero-order valence-corrected chi connectivity index (χ0v) is 13.9. The molecule has 126 valence electrons. The molecule has 0 aromatic carbocycles. The Bertz CT molecular complexity index is 667. The van der Waals surface area contributed by atoms with Gasteiger partial charge in [0.05, 0.1) is 24.5 Å². The van der Waals surface area contributed by atoms with E-state index in [1.54, 1.807) is 7.11 Å². The zero-order valence-electron chi connectivity index (χ0n) is 13.9. The van der Waals surface area contributed by atoms with Gasteiger partial charge in [-0.3, -0.25) is 0 Å². The van der Waals surface area contributed by atoms with Crippen LogP contribution in [0, 0.1) is 0 Å². The van der Waals surface area contributed by atoms with E-state index in [0.717, 1.165) is 49.9 Å². The molecule has 0 fully saturated rings. The van der Waals surface area contributed by atoms with Gasteiger partial charge in [0.2, 0.25) is 0 Å². The summed E-state index contributed by atoms with van der Waals surface area (Å²) in [5.41, 5.74) is 16.3. The highest BCUT2D eigenvalue weighted by Crippen LogP contribution is 2.32. The van der Waals surface area contributed by atoms with Crippen molar-refractivity contribution in [1.29, 1.82) is 0 Å². The Balaban J connectivity index is 2.03. The number of nitrogen functional groups attached to an aromatic ring is 1. The van der Waals surface area contributed by atoms with Gasteiger partial charge >= 0.3 is 0 Å². The van der Waals surface area contributed by atoms with Crippen LogP contribution in [0.5, 0.6) is 0 Å². The van der Waals surface area contributed by atoms with E-state index in [9.17, 15) is 0 Å². The van der Waals surface area contributed by atoms with Gasteiger partial charge in [0.15, 0.2) is 5.82 Å². The highest BCUT2D eigenvalue weighted by atomic mass is 16.5. The van der Waals surface area contributed by atoms with Crippen molar-refractivity contribution in [3.63, 3.8) is 0 Å². The summed E-state index contributed by atoms with van der Waals surface area (Å²) in [5.74, 6) is 0.553. The van der Waals surface area contributed by atoms with Crippen LogP contribution in [0.3, 0.4) is 0 Å². The Labute approximate surface area is 137 Å². The van der Waals surface area contributed by atoms with Crippen molar-refractivity contribution in [3.05, 3.63) is 17.6 Å². The van der Waals surface area contributed by atoms with Gasteiger partial charge in [-0.1, -0.05) is 6.42 Å². The molecule has 6 nitrogen and oxygen atoms in total. The van der Waals surface area contributed by atoms with Crippen molar-refractivity contribution in [3.8, 4) is 0 Å².